The summed E-state index contributed by atoms with van der Waals surface area (Å²) in [6.45, 7) is 8.23. The zero-order valence-electron chi connectivity index (χ0n) is 18.9. The van der Waals surface area contributed by atoms with Crippen molar-refractivity contribution < 1.29 is 13.2 Å². The van der Waals surface area contributed by atoms with Crippen molar-refractivity contribution >= 4 is 23.6 Å². The molecule has 0 spiro atoms. The van der Waals surface area contributed by atoms with Crippen molar-refractivity contribution in [2.75, 3.05) is 22.7 Å². The minimum atomic E-state index is -4.49. The molecule has 0 radical (unpaired) electrons. The Balaban J connectivity index is 1.56. The summed E-state index contributed by atoms with van der Waals surface area (Å²) in [5.74, 6) is 1.26. The van der Waals surface area contributed by atoms with Crippen LogP contribution in [0.4, 0.5) is 24.8 Å². The number of nitrogens with zero attached hydrogens (tertiary/aromatic N) is 3. The van der Waals surface area contributed by atoms with Crippen molar-refractivity contribution in [1.82, 2.24) is 9.97 Å². The van der Waals surface area contributed by atoms with Crippen LogP contribution in [0.3, 0.4) is 0 Å². The Bertz CT molecular complexity index is 1130. The van der Waals surface area contributed by atoms with Gasteiger partial charge in [0.15, 0.2) is 0 Å². The highest BCUT2D eigenvalue weighted by molar-refractivity contribution is 8.00. The molecule has 0 amide bonds. The van der Waals surface area contributed by atoms with Crippen molar-refractivity contribution in [3.63, 3.8) is 0 Å². The molecule has 1 saturated heterocycles. The lowest BCUT2D eigenvalue weighted by molar-refractivity contribution is -0.137. The lowest BCUT2D eigenvalue weighted by atomic mass is 9.84. The smallest absolute Gasteiger partial charge is 0.356 e. The van der Waals surface area contributed by atoms with Crippen LogP contribution in [0.25, 0.3) is 11.3 Å². The van der Waals surface area contributed by atoms with E-state index in [1.165, 1.54) is 24.4 Å². The second kappa shape index (κ2) is 9.25. The van der Waals surface area contributed by atoms with Gasteiger partial charge in [0.25, 0.3) is 0 Å². The molecule has 174 valence electrons. The molecule has 1 fully saturated rings. The first kappa shape index (κ1) is 23.4. The summed E-state index contributed by atoms with van der Waals surface area (Å²) >= 11 is 1.24. The predicted molar refractivity (Wildman–Crippen MR) is 128 cm³/mol. The summed E-state index contributed by atoms with van der Waals surface area (Å²) in [6.07, 6.45) is -2.17. The number of hydrogen-bond donors (Lipinski definition) is 1. The van der Waals surface area contributed by atoms with Gasteiger partial charge in [-0.05, 0) is 55.0 Å². The van der Waals surface area contributed by atoms with Crippen molar-refractivity contribution in [3.8, 4) is 11.3 Å². The summed E-state index contributed by atoms with van der Waals surface area (Å²) < 4.78 is 44.0. The van der Waals surface area contributed by atoms with Gasteiger partial charge in [-0.25, -0.2) is 9.97 Å². The molecular formula is C25H27F3N4S. The number of aryl methyl sites for hydroxylation is 1. The zero-order chi connectivity index (χ0) is 23.6. The molecule has 3 heterocycles. The molecule has 33 heavy (non-hydrogen) atoms. The molecular weight excluding hydrogens is 445 g/mol. The number of nitrogens with one attached hydrogen (secondary N) is 1. The maximum atomic E-state index is 13.6. The van der Waals surface area contributed by atoms with Crippen LogP contribution in [0.5, 0.6) is 0 Å². The zero-order valence-corrected chi connectivity index (χ0v) is 19.7. The molecule has 4 nitrogen and oxygen atoms in total. The Hall–Kier alpha value is -2.74. The molecule has 4 rings (SSSR count). The number of aromatic nitrogens is 2. The number of halogens is 3. The fourth-order valence-electron chi connectivity index (χ4n) is 4.15. The van der Waals surface area contributed by atoms with Crippen LogP contribution in [0, 0.1) is 12.3 Å². The summed E-state index contributed by atoms with van der Waals surface area (Å²) in [5, 5.41) is 0.731. The highest BCUT2D eigenvalue weighted by Crippen LogP contribution is 2.38. The van der Waals surface area contributed by atoms with Gasteiger partial charge in [-0.2, -0.15) is 13.2 Å². The van der Waals surface area contributed by atoms with Crippen LogP contribution >= 0.6 is 11.9 Å². The molecule has 0 bridgehead atoms. The topological polar surface area (TPSA) is 41.1 Å². The fraction of sp³-hybridized carbons (Fsp3) is 0.360. The average molecular weight is 473 g/mol. The van der Waals surface area contributed by atoms with Crippen molar-refractivity contribution in [2.24, 2.45) is 5.41 Å². The van der Waals surface area contributed by atoms with Crippen molar-refractivity contribution in [2.45, 2.75) is 44.8 Å². The third kappa shape index (κ3) is 5.61. The van der Waals surface area contributed by atoms with E-state index in [9.17, 15) is 13.2 Å². The predicted octanol–water partition coefficient (Wildman–Crippen LogP) is 7.22. The van der Waals surface area contributed by atoms with E-state index in [2.05, 4.69) is 28.5 Å². The van der Waals surface area contributed by atoms with E-state index in [1.807, 2.05) is 18.2 Å². The van der Waals surface area contributed by atoms with Crippen LogP contribution in [-0.2, 0) is 6.18 Å². The van der Waals surface area contributed by atoms with E-state index < -0.39 is 11.7 Å². The molecule has 0 aliphatic carbocycles. The highest BCUT2D eigenvalue weighted by Gasteiger charge is 2.35. The van der Waals surface area contributed by atoms with Gasteiger partial charge in [0.05, 0.1) is 11.3 Å². The SMILES string of the molecule is Cc1ccccc1-c1nc(NSc2cccc(N3CCCC(C)(C)C3)n2)ccc1C(F)(F)F. The molecule has 0 atom stereocenters. The molecule has 0 unspecified atom stereocenters. The van der Waals surface area contributed by atoms with Gasteiger partial charge in [0.2, 0.25) is 0 Å². The van der Waals surface area contributed by atoms with Gasteiger partial charge < -0.3 is 9.62 Å². The molecule has 1 aliphatic heterocycles. The first-order chi connectivity index (χ1) is 15.6. The monoisotopic (exact) mass is 472 g/mol. The van der Waals surface area contributed by atoms with Crippen LogP contribution in [0.15, 0.2) is 59.6 Å². The maximum absolute atomic E-state index is 13.6. The molecule has 2 aromatic heterocycles. The van der Waals surface area contributed by atoms with Crippen LogP contribution in [-0.4, -0.2) is 23.1 Å². The molecule has 8 heteroatoms. The van der Waals surface area contributed by atoms with Gasteiger partial charge in [0.1, 0.15) is 16.7 Å². The largest absolute Gasteiger partial charge is 0.418 e. The standard InChI is InChI=1S/C25H27F3N4S/c1-17-8-4-5-9-18(17)23-19(25(26,27)28)12-13-20(29-23)31-33-22-11-6-10-21(30-22)32-15-7-14-24(2,3)16-32/h4-6,8-13H,7,14-16H2,1-3H3,(H,29,31). The minimum absolute atomic E-state index is 0.0801. The first-order valence-corrected chi connectivity index (χ1v) is 11.7. The highest BCUT2D eigenvalue weighted by atomic mass is 32.2. The third-order valence-electron chi connectivity index (χ3n) is 5.79. The fourth-order valence-corrected chi connectivity index (χ4v) is 4.76. The van der Waals surface area contributed by atoms with E-state index in [0.29, 0.717) is 11.4 Å². The van der Waals surface area contributed by atoms with E-state index in [-0.39, 0.29) is 11.1 Å². The lowest BCUT2D eigenvalue weighted by Crippen LogP contribution is -2.40. The van der Waals surface area contributed by atoms with Gasteiger partial charge in [-0.1, -0.05) is 44.2 Å². The number of hydrogen-bond acceptors (Lipinski definition) is 5. The van der Waals surface area contributed by atoms with E-state index >= 15 is 0 Å². The summed E-state index contributed by atoms with van der Waals surface area (Å²) in [7, 11) is 0. The number of benzene rings is 1. The Labute approximate surface area is 196 Å². The second-order valence-corrected chi connectivity index (χ2v) is 9.96. The quantitative estimate of drug-likeness (QED) is 0.397. The molecule has 1 aliphatic rings. The Morgan fingerprint density at radius 2 is 1.79 bits per heavy atom. The number of piperidine rings is 1. The second-order valence-electron chi connectivity index (χ2n) is 9.13. The Kier molecular flexibility index (Phi) is 6.56. The number of anilines is 2. The first-order valence-electron chi connectivity index (χ1n) is 10.9. The normalized spacial score (nSPS) is 16.0. The van der Waals surface area contributed by atoms with Crippen molar-refractivity contribution in [1.29, 1.82) is 0 Å². The third-order valence-corrected chi connectivity index (χ3v) is 6.54. The summed E-state index contributed by atoms with van der Waals surface area (Å²) in [4.78, 5) is 11.4. The molecule has 3 aromatic rings. The van der Waals surface area contributed by atoms with Gasteiger partial charge >= 0.3 is 6.18 Å². The van der Waals surface area contributed by atoms with Crippen LogP contribution in [0.2, 0.25) is 0 Å². The van der Waals surface area contributed by atoms with Crippen molar-refractivity contribution in [3.05, 3.63) is 65.7 Å². The van der Waals surface area contributed by atoms with E-state index in [1.54, 1.807) is 31.2 Å². The summed E-state index contributed by atoms with van der Waals surface area (Å²) in [5.41, 5.74) is 0.617. The Morgan fingerprint density at radius 3 is 2.52 bits per heavy atom. The number of pyridine rings is 2. The van der Waals surface area contributed by atoms with E-state index in [0.717, 1.165) is 42.0 Å². The number of rotatable bonds is 5. The summed E-state index contributed by atoms with van der Waals surface area (Å²) in [6, 6.07) is 15.2. The van der Waals surface area contributed by atoms with E-state index in [4.69, 9.17) is 4.98 Å². The van der Waals surface area contributed by atoms with Gasteiger partial charge in [0, 0.05) is 30.6 Å². The Morgan fingerprint density at radius 1 is 1.00 bits per heavy atom. The van der Waals surface area contributed by atoms with Crippen LogP contribution < -0.4 is 9.62 Å². The van der Waals surface area contributed by atoms with Gasteiger partial charge in [-0.15, -0.1) is 0 Å². The van der Waals surface area contributed by atoms with Gasteiger partial charge in [-0.3, -0.25) is 0 Å². The lowest BCUT2D eigenvalue weighted by Gasteiger charge is -2.38. The average Bonchev–Trinajstić information content (AvgIpc) is 2.77. The maximum Gasteiger partial charge on any atom is 0.418 e. The number of alkyl halides is 3. The molecule has 1 N–H and O–H groups in total. The molecule has 1 aromatic carbocycles. The minimum Gasteiger partial charge on any atom is -0.356 e. The van der Waals surface area contributed by atoms with Crippen LogP contribution in [0.1, 0.15) is 37.8 Å². The molecule has 0 saturated carbocycles.